The lowest BCUT2D eigenvalue weighted by molar-refractivity contribution is 0.412. The average Bonchev–Trinajstić information content (AvgIpc) is 2.43. The number of phenols is 1. The minimum absolute atomic E-state index is 0.203. The van der Waals surface area contributed by atoms with Gasteiger partial charge in [0.15, 0.2) is 0 Å². The van der Waals surface area contributed by atoms with Crippen LogP contribution in [0.4, 0.5) is 0 Å². The van der Waals surface area contributed by atoms with Gasteiger partial charge in [-0.1, -0.05) is 24.3 Å². The first-order valence-electron chi connectivity index (χ1n) is 6.12. The molecule has 0 aliphatic carbocycles. The standard InChI is InChI=1S/C16H17NO2/c1-12-5-3-4-6-13(12)10-17-11-14-9-15(19-2)7-8-16(14)18/h3-9,11,18H,10H2,1-2H3. The Bertz CT molecular complexity index is 591. The van der Waals surface area contributed by atoms with Gasteiger partial charge in [-0.15, -0.1) is 0 Å². The monoisotopic (exact) mass is 255 g/mol. The van der Waals surface area contributed by atoms with Gasteiger partial charge >= 0.3 is 0 Å². The molecular weight excluding hydrogens is 238 g/mol. The Kier molecular flexibility index (Phi) is 4.18. The molecule has 0 amide bonds. The summed E-state index contributed by atoms with van der Waals surface area (Å²) in [4.78, 5) is 4.37. The molecule has 0 radical (unpaired) electrons. The van der Waals surface area contributed by atoms with Crippen molar-refractivity contribution in [2.75, 3.05) is 7.11 Å². The Labute approximate surface area is 113 Å². The second-order valence-corrected chi connectivity index (χ2v) is 4.32. The van der Waals surface area contributed by atoms with Gasteiger partial charge in [-0.25, -0.2) is 0 Å². The van der Waals surface area contributed by atoms with Crippen molar-refractivity contribution < 1.29 is 9.84 Å². The molecule has 0 aliphatic heterocycles. The molecule has 3 heteroatoms. The molecule has 0 atom stereocenters. The molecule has 2 aromatic rings. The van der Waals surface area contributed by atoms with Crippen LogP contribution >= 0.6 is 0 Å². The summed E-state index contributed by atoms with van der Waals surface area (Å²) in [6, 6.07) is 13.2. The molecule has 2 rings (SSSR count). The molecule has 0 heterocycles. The fourth-order valence-corrected chi connectivity index (χ4v) is 1.79. The maximum atomic E-state index is 9.74. The zero-order valence-electron chi connectivity index (χ0n) is 11.1. The summed E-state index contributed by atoms with van der Waals surface area (Å²) in [7, 11) is 1.60. The topological polar surface area (TPSA) is 41.8 Å². The van der Waals surface area contributed by atoms with Crippen LogP contribution in [0.5, 0.6) is 11.5 Å². The van der Waals surface area contributed by atoms with Crippen LogP contribution in [0.1, 0.15) is 16.7 Å². The van der Waals surface area contributed by atoms with E-state index in [4.69, 9.17) is 4.74 Å². The van der Waals surface area contributed by atoms with E-state index >= 15 is 0 Å². The summed E-state index contributed by atoms with van der Waals surface area (Å²) >= 11 is 0. The third-order valence-electron chi connectivity index (χ3n) is 2.99. The Morgan fingerprint density at radius 1 is 1.21 bits per heavy atom. The molecule has 0 saturated heterocycles. The van der Waals surface area contributed by atoms with Crippen molar-refractivity contribution in [1.82, 2.24) is 0 Å². The lowest BCUT2D eigenvalue weighted by Gasteiger charge is -2.04. The van der Waals surface area contributed by atoms with E-state index < -0.39 is 0 Å². The van der Waals surface area contributed by atoms with E-state index in [2.05, 4.69) is 24.0 Å². The van der Waals surface area contributed by atoms with Crippen molar-refractivity contribution >= 4 is 6.21 Å². The number of rotatable bonds is 4. The van der Waals surface area contributed by atoms with Gasteiger partial charge in [0.2, 0.25) is 0 Å². The van der Waals surface area contributed by atoms with Crippen LogP contribution in [0.25, 0.3) is 0 Å². The predicted molar refractivity (Wildman–Crippen MR) is 77.1 cm³/mol. The highest BCUT2D eigenvalue weighted by molar-refractivity contribution is 5.84. The zero-order chi connectivity index (χ0) is 13.7. The van der Waals surface area contributed by atoms with Gasteiger partial charge in [-0.3, -0.25) is 4.99 Å². The van der Waals surface area contributed by atoms with Crippen LogP contribution in [0, 0.1) is 6.92 Å². The number of ether oxygens (including phenoxy) is 1. The second-order valence-electron chi connectivity index (χ2n) is 4.32. The number of hydrogen-bond donors (Lipinski definition) is 1. The molecule has 0 bridgehead atoms. The SMILES string of the molecule is COc1ccc(O)c(C=NCc2ccccc2C)c1. The third kappa shape index (κ3) is 3.35. The van der Waals surface area contributed by atoms with Crippen LogP contribution < -0.4 is 4.74 Å². The number of hydrogen-bond acceptors (Lipinski definition) is 3. The first-order valence-corrected chi connectivity index (χ1v) is 6.12. The fourth-order valence-electron chi connectivity index (χ4n) is 1.79. The highest BCUT2D eigenvalue weighted by Crippen LogP contribution is 2.21. The Hall–Kier alpha value is -2.29. The van der Waals surface area contributed by atoms with Crippen molar-refractivity contribution in [2.45, 2.75) is 13.5 Å². The first kappa shape index (κ1) is 13.1. The molecule has 0 unspecified atom stereocenters. The average molecular weight is 255 g/mol. The van der Waals surface area contributed by atoms with E-state index in [9.17, 15) is 5.11 Å². The zero-order valence-corrected chi connectivity index (χ0v) is 11.1. The van der Waals surface area contributed by atoms with Crippen molar-refractivity contribution in [2.24, 2.45) is 4.99 Å². The van der Waals surface area contributed by atoms with Crippen LogP contribution in [0.2, 0.25) is 0 Å². The van der Waals surface area contributed by atoms with Gasteiger partial charge in [0.05, 0.1) is 13.7 Å². The summed E-state index contributed by atoms with van der Waals surface area (Å²) in [5.74, 6) is 0.907. The lowest BCUT2D eigenvalue weighted by Crippen LogP contribution is -1.90. The number of nitrogens with zero attached hydrogens (tertiary/aromatic N) is 1. The molecule has 98 valence electrons. The van der Waals surface area contributed by atoms with Crippen molar-refractivity contribution in [1.29, 1.82) is 0 Å². The number of benzene rings is 2. The first-order chi connectivity index (χ1) is 9.20. The van der Waals surface area contributed by atoms with Crippen LogP contribution in [-0.2, 0) is 6.54 Å². The van der Waals surface area contributed by atoms with Crippen molar-refractivity contribution in [3.63, 3.8) is 0 Å². The third-order valence-corrected chi connectivity index (χ3v) is 2.99. The largest absolute Gasteiger partial charge is 0.507 e. The van der Waals surface area contributed by atoms with E-state index in [1.807, 2.05) is 12.1 Å². The predicted octanol–water partition coefficient (Wildman–Crippen LogP) is 3.33. The number of phenolic OH excluding ortho intramolecular Hbond substituents is 1. The molecule has 0 spiro atoms. The molecular formula is C16H17NO2. The Balaban J connectivity index is 2.13. The number of aryl methyl sites for hydroxylation is 1. The van der Waals surface area contributed by atoms with Gasteiger partial charge in [-0.2, -0.15) is 0 Å². The maximum Gasteiger partial charge on any atom is 0.124 e. The quantitative estimate of drug-likeness (QED) is 0.851. The summed E-state index contributed by atoms with van der Waals surface area (Å²) in [5.41, 5.74) is 3.06. The van der Waals surface area contributed by atoms with Crippen LogP contribution in [0.3, 0.4) is 0 Å². The fraction of sp³-hybridized carbons (Fsp3) is 0.188. The molecule has 0 fully saturated rings. The van der Waals surface area contributed by atoms with E-state index in [0.717, 1.165) is 0 Å². The smallest absolute Gasteiger partial charge is 0.124 e. The Morgan fingerprint density at radius 2 is 2.00 bits per heavy atom. The van der Waals surface area contributed by atoms with Crippen LogP contribution in [-0.4, -0.2) is 18.4 Å². The van der Waals surface area contributed by atoms with E-state index in [1.165, 1.54) is 11.1 Å². The summed E-state index contributed by atoms with van der Waals surface area (Å²) < 4.78 is 5.12. The lowest BCUT2D eigenvalue weighted by atomic mass is 10.1. The van der Waals surface area contributed by atoms with Gasteiger partial charge in [-0.05, 0) is 36.2 Å². The Morgan fingerprint density at radius 3 is 2.74 bits per heavy atom. The number of aromatic hydroxyl groups is 1. The molecule has 0 saturated carbocycles. The normalized spacial score (nSPS) is 10.8. The van der Waals surface area contributed by atoms with Gasteiger partial charge in [0.25, 0.3) is 0 Å². The highest BCUT2D eigenvalue weighted by Gasteiger charge is 2.00. The molecule has 2 aromatic carbocycles. The molecule has 0 aromatic heterocycles. The van der Waals surface area contributed by atoms with E-state index in [1.54, 1.807) is 31.5 Å². The summed E-state index contributed by atoms with van der Waals surface area (Å²) in [5, 5.41) is 9.74. The molecule has 1 N–H and O–H groups in total. The highest BCUT2D eigenvalue weighted by atomic mass is 16.5. The second kappa shape index (κ2) is 6.05. The van der Waals surface area contributed by atoms with Crippen LogP contribution in [0.15, 0.2) is 47.5 Å². The molecule has 0 aliphatic rings. The van der Waals surface area contributed by atoms with E-state index in [0.29, 0.717) is 17.9 Å². The molecule has 19 heavy (non-hydrogen) atoms. The minimum atomic E-state index is 0.203. The van der Waals surface area contributed by atoms with Gasteiger partial charge in [0, 0.05) is 11.8 Å². The van der Waals surface area contributed by atoms with Gasteiger partial charge < -0.3 is 9.84 Å². The van der Waals surface area contributed by atoms with E-state index in [-0.39, 0.29) is 5.75 Å². The maximum absolute atomic E-state index is 9.74. The summed E-state index contributed by atoms with van der Waals surface area (Å²) in [6.07, 6.45) is 1.67. The number of aliphatic imine (C=N–C) groups is 1. The minimum Gasteiger partial charge on any atom is -0.507 e. The van der Waals surface area contributed by atoms with Crippen molar-refractivity contribution in [3.8, 4) is 11.5 Å². The summed E-state index contributed by atoms with van der Waals surface area (Å²) in [6.45, 7) is 2.66. The van der Waals surface area contributed by atoms with Gasteiger partial charge in [0.1, 0.15) is 11.5 Å². The number of methoxy groups -OCH3 is 1. The molecule has 3 nitrogen and oxygen atoms in total. The van der Waals surface area contributed by atoms with Crippen molar-refractivity contribution in [3.05, 3.63) is 59.2 Å².